The number of amides is 2. The molecular formula is C30H32N4O4S. The van der Waals surface area contributed by atoms with Crippen LogP contribution in [-0.4, -0.2) is 60.4 Å². The van der Waals surface area contributed by atoms with Gasteiger partial charge in [-0.15, -0.1) is 0 Å². The van der Waals surface area contributed by atoms with E-state index in [1.54, 1.807) is 42.5 Å². The molecule has 1 atom stereocenters. The summed E-state index contributed by atoms with van der Waals surface area (Å²) < 4.78 is 12.1. The maximum absolute atomic E-state index is 13.1. The minimum absolute atomic E-state index is 0.00651. The third-order valence-corrected chi connectivity index (χ3v) is 7.62. The van der Waals surface area contributed by atoms with E-state index in [9.17, 15) is 9.59 Å². The molecule has 0 radical (unpaired) electrons. The molecule has 2 N–H and O–H groups in total. The van der Waals surface area contributed by atoms with Gasteiger partial charge in [0, 0.05) is 31.9 Å². The van der Waals surface area contributed by atoms with E-state index in [0.717, 1.165) is 49.9 Å². The predicted molar refractivity (Wildman–Crippen MR) is 156 cm³/mol. The van der Waals surface area contributed by atoms with Gasteiger partial charge >= 0.3 is 0 Å². The Hall–Kier alpha value is -3.79. The first kappa shape index (κ1) is 26.8. The van der Waals surface area contributed by atoms with Gasteiger partial charge in [0.15, 0.2) is 6.23 Å². The van der Waals surface area contributed by atoms with Gasteiger partial charge in [-0.3, -0.25) is 14.5 Å². The van der Waals surface area contributed by atoms with Gasteiger partial charge in [0.05, 0.1) is 10.6 Å². The van der Waals surface area contributed by atoms with Gasteiger partial charge in [0.2, 0.25) is 0 Å². The molecule has 39 heavy (non-hydrogen) atoms. The number of piperazine rings is 1. The van der Waals surface area contributed by atoms with E-state index in [1.807, 2.05) is 36.4 Å². The van der Waals surface area contributed by atoms with Crippen LogP contribution in [0.5, 0.6) is 17.2 Å². The molecule has 2 saturated heterocycles. The van der Waals surface area contributed by atoms with Crippen LogP contribution >= 0.6 is 11.8 Å². The predicted octanol–water partition coefficient (Wildman–Crippen LogP) is 5.66. The van der Waals surface area contributed by atoms with Crippen molar-refractivity contribution < 1.29 is 19.1 Å². The number of carbonyl (C=O) groups is 2. The first-order chi connectivity index (χ1) is 18.9. The highest BCUT2D eigenvalue weighted by molar-refractivity contribution is 8.19. The quantitative estimate of drug-likeness (QED) is 0.287. The molecule has 2 amide bonds. The van der Waals surface area contributed by atoms with Crippen LogP contribution in [0.2, 0.25) is 0 Å². The van der Waals surface area contributed by atoms with Crippen LogP contribution in [-0.2, 0) is 4.79 Å². The third-order valence-electron chi connectivity index (χ3n) is 6.75. The lowest BCUT2D eigenvalue weighted by Gasteiger charge is -2.37. The summed E-state index contributed by atoms with van der Waals surface area (Å²) in [6, 6.07) is 21.6. The maximum atomic E-state index is 13.1. The number of anilines is 2. The van der Waals surface area contributed by atoms with Gasteiger partial charge in [-0.25, -0.2) is 4.90 Å². The monoisotopic (exact) mass is 544 g/mol. The SMILES string of the molecule is CCC(Oc1ccc(N2C(=O)S/C(=C\c3ccc(Oc4ccc(N)cc4)cc3)C2=O)cc1)N1CCN(C)CC1. The van der Waals surface area contributed by atoms with Crippen LogP contribution in [0.4, 0.5) is 16.2 Å². The van der Waals surface area contributed by atoms with E-state index in [-0.39, 0.29) is 17.4 Å². The lowest BCUT2D eigenvalue weighted by Crippen LogP contribution is -2.50. The summed E-state index contributed by atoms with van der Waals surface area (Å²) in [5.41, 5.74) is 7.70. The van der Waals surface area contributed by atoms with Gasteiger partial charge in [0.1, 0.15) is 17.2 Å². The Labute approximate surface area is 233 Å². The first-order valence-corrected chi connectivity index (χ1v) is 13.8. The van der Waals surface area contributed by atoms with Gasteiger partial charge in [-0.1, -0.05) is 19.1 Å². The van der Waals surface area contributed by atoms with E-state index in [4.69, 9.17) is 15.2 Å². The second kappa shape index (κ2) is 11.9. The molecule has 202 valence electrons. The number of rotatable bonds is 8. The molecule has 0 spiro atoms. The Balaban J connectivity index is 1.22. The molecule has 2 aliphatic rings. The molecule has 2 heterocycles. The summed E-state index contributed by atoms with van der Waals surface area (Å²) in [7, 11) is 2.13. The van der Waals surface area contributed by atoms with E-state index < -0.39 is 0 Å². The number of nitrogen functional groups attached to an aromatic ring is 1. The highest BCUT2D eigenvalue weighted by Gasteiger charge is 2.36. The van der Waals surface area contributed by atoms with E-state index >= 15 is 0 Å². The fraction of sp³-hybridized carbons (Fsp3) is 0.267. The molecule has 0 bridgehead atoms. The topological polar surface area (TPSA) is 88.3 Å². The zero-order valence-corrected chi connectivity index (χ0v) is 22.9. The van der Waals surface area contributed by atoms with Crippen molar-refractivity contribution in [2.45, 2.75) is 19.6 Å². The van der Waals surface area contributed by atoms with Crippen LogP contribution < -0.4 is 20.1 Å². The first-order valence-electron chi connectivity index (χ1n) is 13.0. The maximum Gasteiger partial charge on any atom is 0.298 e. The third kappa shape index (κ3) is 6.44. The standard InChI is InChI=1S/C30H32N4O4S/c1-3-28(33-18-16-32(2)17-19-33)38-26-14-8-23(9-15-26)34-29(35)27(39-30(34)36)20-21-4-10-24(11-5-21)37-25-12-6-22(31)7-13-25/h4-15,20,28H,3,16-19,31H2,1-2H3/b27-20-. The number of carbonyl (C=O) groups excluding carboxylic acids is 2. The van der Waals surface area contributed by atoms with Crippen molar-refractivity contribution in [1.29, 1.82) is 0 Å². The lowest BCUT2D eigenvalue weighted by atomic mass is 10.2. The molecule has 3 aromatic rings. The Morgan fingerprint density at radius 1 is 0.872 bits per heavy atom. The fourth-order valence-electron chi connectivity index (χ4n) is 4.50. The molecule has 0 saturated carbocycles. The van der Waals surface area contributed by atoms with Crippen LogP contribution in [0, 0.1) is 0 Å². The average Bonchev–Trinajstić information content (AvgIpc) is 3.22. The number of imide groups is 1. The number of hydrogen-bond donors (Lipinski definition) is 1. The normalized spacial score (nSPS) is 18.5. The second-order valence-electron chi connectivity index (χ2n) is 9.57. The van der Waals surface area contributed by atoms with E-state index in [2.05, 4.69) is 23.8 Å². The zero-order chi connectivity index (χ0) is 27.4. The molecular weight excluding hydrogens is 512 g/mol. The van der Waals surface area contributed by atoms with Crippen molar-refractivity contribution in [3.8, 4) is 17.2 Å². The van der Waals surface area contributed by atoms with Crippen LogP contribution in [0.25, 0.3) is 6.08 Å². The molecule has 0 aromatic heterocycles. The summed E-state index contributed by atoms with van der Waals surface area (Å²) in [4.78, 5) is 32.1. The van der Waals surface area contributed by atoms with Crippen molar-refractivity contribution in [3.05, 3.63) is 83.3 Å². The van der Waals surface area contributed by atoms with Crippen molar-refractivity contribution in [3.63, 3.8) is 0 Å². The van der Waals surface area contributed by atoms with Crippen molar-refractivity contribution in [1.82, 2.24) is 9.80 Å². The smallest absolute Gasteiger partial charge is 0.298 e. The summed E-state index contributed by atoms with van der Waals surface area (Å²) in [6.07, 6.45) is 2.58. The Kier molecular flexibility index (Phi) is 8.21. The van der Waals surface area contributed by atoms with E-state index in [0.29, 0.717) is 33.5 Å². The minimum atomic E-state index is -0.343. The Morgan fingerprint density at radius 2 is 1.46 bits per heavy atom. The summed E-state index contributed by atoms with van der Waals surface area (Å²) in [6.45, 7) is 6.09. The largest absolute Gasteiger partial charge is 0.475 e. The second-order valence-corrected chi connectivity index (χ2v) is 10.6. The molecule has 2 aliphatic heterocycles. The van der Waals surface area contributed by atoms with Crippen LogP contribution in [0.1, 0.15) is 18.9 Å². The van der Waals surface area contributed by atoms with Crippen molar-refractivity contribution >= 4 is 40.4 Å². The summed E-state index contributed by atoms with van der Waals surface area (Å²) in [5.74, 6) is 1.71. The van der Waals surface area contributed by atoms with Gasteiger partial charge in [-0.05, 0) is 97.5 Å². The fourth-order valence-corrected chi connectivity index (χ4v) is 5.34. The highest BCUT2D eigenvalue weighted by atomic mass is 32.2. The highest BCUT2D eigenvalue weighted by Crippen LogP contribution is 2.36. The molecule has 3 aromatic carbocycles. The molecule has 5 rings (SSSR count). The molecule has 8 nitrogen and oxygen atoms in total. The minimum Gasteiger partial charge on any atom is -0.475 e. The number of likely N-dealkylation sites (N-methyl/N-ethyl adjacent to an activating group) is 1. The van der Waals surface area contributed by atoms with Gasteiger partial charge in [0.25, 0.3) is 11.1 Å². The molecule has 2 fully saturated rings. The zero-order valence-electron chi connectivity index (χ0n) is 22.1. The van der Waals surface area contributed by atoms with Crippen molar-refractivity contribution in [2.75, 3.05) is 43.9 Å². The van der Waals surface area contributed by atoms with Crippen molar-refractivity contribution in [2.24, 2.45) is 0 Å². The number of ether oxygens (including phenoxy) is 2. The molecule has 9 heteroatoms. The average molecular weight is 545 g/mol. The number of benzene rings is 3. The molecule has 1 unspecified atom stereocenters. The van der Waals surface area contributed by atoms with E-state index in [1.165, 1.54) is 4.90 Å². The Bertz CT molecular complexity index is 1330. The number of nitrogens with zero attached hydrogens (tertiary/aromatic N) is 3. The molecule has 0 aliphatic carbocycles. The lowest BCUT2D eigenvalue weighted by molar-refractivity contribution is -0.113. The van der Waals surface area contributed by atoms with Crippen LogP contribution in [0.15, 0.2) is 77.7 Å². The van der Waals surface area contributed by atoms with Gasteiger partial charge in [-0.2, -0.15) is 0 Å². The Morgan fingerprint density at radius 3 is 2.08 bits per heavy atom. The number of nitrogens with two attached hydrogens (primary N) is 1. The number of hydrogen-bond acceptors (Lipinski definition) is 8. The van der Waals surface area contributed by atoms with Gasteiger partial charge < -0.3 is 20.1 Å². The summed E-state index contributed by atoms with van der Waals surface area (Å²) >= 11 is 0.931. The summed E-state index contributed by atoms with van der Waals surface area (Å²) in [5, 5.41) is -0.327. The van der Waals surface area contributed by atoms with Crippen LogP contribution in [0.3, 0.4) is 0 Å². The number of thioether (sulfide) groups is 1.